The number of rotatable bonds is 7. The maximum Gasteiger partial charge on any atom is 0.289 e. The van der Waals surface area contributed by atoms with E-state index in [1.165, 1.54) is 42.1 Å². The summed E-state index contributed by atoms with van der Waals surface area (Å²) in [6.07, 6.45) is 5.07. The van der Waals surface area contributed by atoms with Crippen LogP contribution in [0.4, 0.5) is 4.79 Å². The Bertz CT molecular complexity index is 1470. The SMILES string of the molecule is COc1ccccc1C1SC(=O)N(C)C1=O.Cc1c(OCc2ccccc2)cc2c(c1C)OC(CN1C(C)CC[C@@H]1C)CC2. The van der Waals surface area contributed by atoms with Gasteiger partial charge in [0.25, 0.3) is 5.24 Å². The van der Waals surface area contributed by atoms with Crippen LogP contribution in [0.15, 0.2) is 60.7 Å². The van der Waals surface area contributed by atoms with Crippen molar-refractivity contribution in [3.05, 3.63) is 88.5 Å². The Kier molecular flexibility index (Phi) is 10.2. The summed E-state index contributed by atoms with van der Waals surface area (Å²) in [6, 6.07) is 21.2. The molecule has 0 saturated carbocycles. The molecule has 3 aromatic rings. The fraction of sp³-hybridized carbons (Fsp3) is 0.444. The van der Waals surface area contributed by atoms with Crippen molar-refractivity contribution in [2.24, 2.45) is 0 Å². The number of carbonyl (C=O) groups excluding carboxylic acids is 2. The summed E-state index contributed by atoms with van der Waals surface area (Å²) >= 11 is 1.02. The van der Waals surface area contributed by atoms with Gasteiger partial charge in [-0.25, -0.2) is 0 Å². The lowest BCUT2D eigenvalue weighted by molar-refractivity contribution is -0.125. The van der Waals surface area contributed by atoms with E-state index in [0.29, 0.717) is 30.5 Å². The molecular weight excluding hydrogens is 572 g/mol. The van der Waals surface area contributed by atoms with Gasteiger partial charge in [0.15, 0.2) is 0 Å². The Morgan fingerprint density at radius 3 is 2.25 bits per heavy atom. The molecule has 3 aliphatic heterocycles. The number of nitrogens with zero attached hydrogens (tertiary/aromatic N) is 2. The fourth-order valence-electron chi connectivity index (χ4n) is 6.25. The lowest BCUT2D eigenvalue weighted by atomic mass is 9.95. The Morgan fingerprint density at radius 1 is 0.909 bits per heavy atom. The number of hydrogen-bond donors (Lipinski definition) is 0. The van der Waals surface area contributed by atoms with Gasteiger partial charge in [0, 0.05) is 31.2 Å². The fourth-order valence-corrected chi connectivity index (χ4v) is 7.28. The number of imide groups is 1. The zero-order valence-corrected chi connectivity index (χ0v) is 27.5. The van der Waals surface area contributed by atoms with Gasteiger partial charge in [-0.3, -0.25) is 19.4 Å². The number of hydrogen-bond acceptors (Lipinski definition) is 7. The first-order valence-corrected chi connectivity index (χ1v) is 16.4. The summed E-state index contributed by atoms with van der Waals surface area (Å²) in [6.45, 7) is 10.7. The largest absolute Gasteiger partial charge is 0.496 e. The van der Waals surface area contributed by atoms with Crippen LogP contribution >= 0.6 is 11.8 Å². The molecule has 7 nitrogen and oxygen atoms in total. The first-order valence-electron chi connectivity index (χ1n) is 15.5. The second kappa shape index (κ2) is 14.1. The van der Waals surface area contributed by atoms with Gasteiger partial charge in [-0.15, -0.1) is 0 Å². The molecule has 2 fully saturated rings. The normalized spacial score (nSPS) is 23.1. The van der Waals surface area contributed by atoms with E-state index < -0.39 is 5.25 Å². The summed E-state index contributed by atoms with van der Waals surface area (Å²) in [7, 11) is 3.04. The van der Waals surface area contributed by atoms with Crippen LogP contribution in [0.5, 0.6) is 17.2 Å². The van der Waals surface area contributed by atoms with E-state index in [4.69, 9.17) is 14.2 Å². The number of fused-ring (bicyclic) bond motifs is 1. The maximum absolute atomic E-state index is 11.8. The van der Waals surface area contributed by atoms with Gasteiger partial charge in [-0.1, -0.05) is 48.5 Å². The van der Waals surface area contributed by atoms with Gasteiger partial charge >= 0.3 is 0 Å². The monoisotopic (exact) mass is 616 g/mol. The zero-order chi connectivity index (χ0) is 31.4. The highest BCUT2D eigenvalue weighted by molar-refractivity contribution is 8.15. The van der Waals surface area contributed by atoms with Gasteiger partial charge < -0.3 is 14.2 Å². The summed E-state index contributed by atoms with van der Waals surface area (Å²) in [5.74, 6) is 2.53. The lowest BCUT2D eigenvalue weighted by Gasteiger charge is -2.34. The molecule has 0 spiro atoms. The topological polar surface area (TPSA) is 68.3 Å². The average Bonchev–Trinajstić information content (AvgIpc) is 3.50. The molecule has 3 unspecified atom stereocenters. The Labute approximate surface area is 265 Å². The van der Waals surface area contributed by atoms with E-state index in [9.17, 15) is 9.59 Å². The van der Waals surface area contributed by atoms with Crippen molar-refractivity contribution in [2.45, 2.75) is 83.4 Å². The van der Waals surface area contributed by atoms with E-state index in [1.54, 1.807) is 19.2 Å². The molecule has 3 aliphatic rings. The van der Waals surface area contributed by atoms with Gasteiger partial charge in [0.1, 0.15) is 35.2 Å². The molecule has 2 saturated heterocycles. The number of likely N-dealkylation sites (N-methyl/N-ethyl adjacent to an activating group) is 1. The molecule has 4 atom stereocenters. The number of likely N-dealkylation sites (tertiary alicyclic amines) is 1. The third kappa shape index (κ3) is 6.92. The van der Waals surface area contributed by atoms with Crippen molar-refractivity contribution < 1.29 is 23.8 Å². The van der Waals surface area contributed by atoms with E-state index in [0.717, 1.165) is 53.1 Å². The number of amides is 2. The summed E-state index contributed by atoms with van der Waals surface area (Å²) < 4.78 is 17.9. The van der Waals surface area contributed by atoms with Crippen LogP contribution in [0.25, 0.3) is 0 Å². The Morgan fingerprint density at radius 2 is 1.59 bits per heavy atom. The molecule has 0 radical (unpaired) electrons. The predicted octanol–water partition coefficient (Wildman–Crippen LogP) is 7.51. The Balaban J connectivity index is 0.000000204. The molecule has 3 aromatic carbocycles. The maximum atomic E-state index is 11.8. The highest BCUT2D eigenvalue weighted by Gasteiger charge is 2.39. The molecule has 3 heterocycles. The summed E-state index contributed by atoms with van der Waals surface area (Å²) in [5, 5.41) is -0.699. The van der Waals surface area contributed by atoms with E-state index >= 15 is 0 Å². The average molecular weight is 617 g/mol. The summed E-state index contributed by atoms with van der Waals surface area (Å²) in [5.41, 5.74) is 5.66. The van der Waals surface area contributed by atoms with Crippen molar-refractivity contribution in [2.75, 3.05) is 20.7 Å². The van der Waals surface area contributed by atoms with Crippen LogP contribution in [0.2, 0.25) is 0 Å². The standard InChI is InChI=1S/C25H33NO2.C11H11NO3S/c1-17-10-11-18(2)26(17)15-23-13-12-22-14-24(19(3)20(4)25(22)28-23)27-16-21-8-6-5-7-9-21;1-12-10(13)9(16-11(12)14)7-5-3-4-6-8(7)15-2/h5-9,14,17-18,23H,10-13,15-16H2,1-4H3;3-6,9H,1-2H3/t17-,18?,23?;/m0./s1. The van der Waals surface area contributed by atoms with E-state index in [2.05, 4.69) is 62.9 Å². The molecular formula is C36H44N2O5S. The quantitative estimate of drug-likeness (QED) is 0.272. The number of aryl methyl sites for hydroxylation is 1. The van der Waals surface area contributed by atoms with Crippen LogP contribution in [0, 0.1) is 13.8 Å². The molecule has 44 heavy (non-hydrogen) atoms. The van der Waals surface area contributed by atoms with Crippen LogP contribution < -0.4 is 14.2 Å². The number of para-hydroxylation sites is 1. The van der Waals surface area contributed by atoms with Crippen molar-refractivity contribution >= 4 is 22.9 Å². The number of carbonyl (C=O) groups is 2. The molecule has 234 valence electrons. The van der Waals surface area contributed by atoms with Crippen molar-refractivity contribution in [3.8, 4) is 17.2 Å². The Hall–Kier alpha value is -3.49. The lowest BCUT2D eigenvalue weighted by Crippen LogP contribution is -2.42. The van der Waals surface area contributed by atoms with Crippen LogP contribution in [0.1, 0.15) is 66.2 Å². The number of benzene rings is 3. The third-order valence-corrected chi connectivity index (χ3v) is 10.3. The smallest absolute Gasteiger partial charge is 0.289 e. The second-order valence-corrected chi connectivity index (χ2v) is 13.1. The third-order valence-electron chi connectivity index (χ3n) is 9.14. The molecule has 0 bridgehead atoms. The molecule has 2 amide bonds. The van der Waals surface area contributed by atoms with Gasteiger partial charge in [0.2, 0.25) is 5.91 Å². The van der Waals surface area contributed by atoms with E-state index in [-0.39, 0.29) is 11.1 Å². The molecule has 0 aromatic heterocycles. The minimum absolute atomic E-state index is 0.195. The van der Waals surface area contributed by atoms with Crippen molar-refractivity contribution in [1.82, 2.24) is 9.80 Å². The van der Waals surface area contributed by atoms with Gasteiger partial charge in [0.05, 0.1) is 7.11 Å². The summed E-state index contributed by atoms with van der Waals surface area (Å²) in [4.78, 5) is 27.0. The molecule has 0 N–H and O–H groups in total. The van der Waals surface area contributed by atoms with Crippen LogP contribution in [0.3, 0.4) is 0 Å². The number of thioether (sulfide) groups is 1. The van der Waals surface area contributed by atoms with E-state index in [1.807, 2.05) is 18.2 Å². The number of methoxy groups -OCH3 is 1. The second-order valence-electron chi connectivity index (χ2n) is 12.0. The predicted molar refractivity (Wildman–Crippen MR) is 176 cm³/mol. The highest BCUT2D eigenvalue weighted by atomic mass is 32.2. The van der Waals surface area contributed by atoms with Gasteiger partial charge in [-0.2, -0.15) is 0 Å². The minimum Gasteiger partial charge on any atom is -0.496 e. The molecule has 6 rings (SSSR count). The minimum atomic E-state index is -0.478. The molecule has 0 aliphatic carbocycles. The van der Waals surface area contributed by atoms with Crippen LogP contribution in [-0.2, 0) is 17.8 Å². The van der Waals surface area contributed by atoms with Crippen LogP contribution in [-0.4, -0.2) is 59.8 Å². The first kappa shape index (κ1) is 31.9. The van der Waals surface area contributed by atoms with Crippen molar-refractivity contribution in [3.63, 3.8) is 0 Å². The molecule has 8 heteroatoms. The van der Waals surface area contributed by atoms with Gasteiger partial charge in [-0.05, 0) is 99.5 Å². The highest BCUT2D eigenvalue weighted by Crippen LogP contribution is 2.42. The van der Waals surface area contributed by atoms with Crippen molar-refractivity contribution in [1.29, 1.82) is 0 Å². The first-order chi connectivity index (χ1) is 21.2. The zero-order valence-electron chi connectivity index (χ0n) is 26.7. The number of ether oxygens (including phenoxy) is 3.